The van der Waals surface area contributed by atoms with Crippen molar-refractivity contribution in [1.29, 1.82) is 0 Å². The number of hydrogen-bond donors (Lipinski definition) is 2. The van der Waals surface area contributed by atoms with Gasteiger partial charge in [-0.05, 0) is 24.0 Å². The van der Waals surface area contributed by atoms with Crippen molar-refractivity contribution in [3.8, 4) is 0 Å². The van der Waals surface area contributed by atoms with Crippen LogP contribution in [0.25, 0.3) is 0 Å². The van der Waals surface area contributed by atoms with Gasteiger partial charge in [0.05, 0.1) is 5.92 Å². The van der Waals surface area contributed by atoms with Gasteiger partial charge >= 0.3 is 0 Å². The Bertz CT molecular complexity index is 432. The summed E-state index contributed by atoms with van der Waals surface area (Å²) in [5.41, 5.74) is 2.89. The number of fused-ring (bicyclic) bond motifs is 1. The Balaban J connectivity index is 0.00000120. The fraction of sp³-hybridized carbons (Fsp3) is 0.500. The number of benzene rings is 1. The molecule has 1 unspecified atom stereocenters. The maximum atomic E-state index is 11.7. The summed E-state index contributed by atoms with van der Waals surface area (Å²) in [6.07, 6.45) is 2.32. The van der Waals surface area contributed by atoms with Crippen LogP contribution in [0.3, 0.4) is 0 Å². The number of aryl methyl sites for hydroxylation is 1. The van der Waals surface area contributed by atoms with E-state index in [0.29, 0.717) is 5.92 Å². The second kappa shape index (κ2) is 5.72. The minimum absolute atomic E-state index is 0. The molecule has 0 saturated carbocycles. The van der Waals surface area contributed by atoms with E-state index in [0.717, 1.165) is 26.1 Å². The van der Waals surface area contributed by atoms with E-state index in [4.69, 9.17) is 0 Å². The normalized spacial score (nSPS) is 21.7. The van der Waals surface area contributed by atoms with Gasteiger partial charge in [-0.3, -0.25) is 4.79 Å². The first kappa shape index (κ1) is 13.4. The first-order valence-corrected chi connectivity index (χ1v) is 6.41. The molecule has 98 valence electrons. The van der Waals surface area contributed by atoms with Crippen LogP contribution in [0.1, 0.15) is 23.5 Å². The largest absolute Gasteiger partial charge is 0.355 e. The predicted molar refractivity (Wildman–Crippen MR) is 74.1 cm³/mol. The smallest absolute Gasteiger partial charge is 0.225 e. The van der Waals surface area contributed by atoms with Crippen molar-refractivity contribution in [2.45, 2.75) is 18.8 Å². The van der Waals surface area contributed by atoms with Crippen LogP contribution in [0, 0.1) is 5.92 Å². The molecule has 1 atom stereocenters. The number of carbonyl (C=O) groups excluding carboxylic acids is 1. The highest BCUT2D eigenvalue weighted by atomic mass is 35.5. The van der Waals surface area contributed by atoms with Crippen molar-refractivity contribution in [2.24, 2.45) is 5.92 Å². The maximum absolute atomic E-state index is 11.7. The van der Waals surface area contributed by atoms with Gasteiger partial charge in [0, 0.05) is 25.6 Å². The summed E-state index contributed by atoms with van der Waals surface area (Å²) in [5.74, 6) is 0.933. The molecule has 0 bridgehead atoms. The highest BCUT2D eigenvalue weighted by molar-refractivity contribution is 5.85. The predicted octanol–water partition coefficient (Wildman–Crippen LogP) is 1.47. The highest BCUT2D eigenvalue weighted by Gasteiger charge is 2.27. The van der Waals surface area contributed by atoms with Crippen molar-refractivity contribution < 1.29 is 4.79 Å². The number of amides is 1. The van der Waals surface area contributed by atoms with Gasteiger partial charge in [0.2, 0.25) is 5.91 Å². The van der Waals surface area contributed by atoms with Crippen LogP contribution in [-0.2, 0) is 11.2 Å². The standard InChI is InChI=1S/C14H18N2O.ClH/c17-14(12-7-15-8-12)16-9-11-6-5-10-3-1-2-4-13(10)11;/h1-4,11-12,15H,5-9H2,(H,16,17);1H. The molecule has 0 aromatic heterocycles. The lowest BCUT2D eigenvalue weighted by molar-refractivity contribution is -0.126. The summed E-state index contributed by atoms with van der Waals surface area (Å²) in [6, 6.07) is 8.59. The monoisotopic (exact) mass is 266 g/mol. The van der Waals surface area contributed by atoms with Crippen LogP contribution >= 0.6 is 12.4 Å². The second-order valence-electron chi connectivity index (χ2n) is 5.03. The van der Waals surface area contributed by atoms with E-state index in [9.17, 15) is 4.79 Å². The fourth-order valence-electron chi connectivity index (χ4n) is 2.70. The lowest BCUT2D eigenvalue weighted by atomic mass is 9.99. The topological polar surface area (TPSA) is 41.1 Å². The van der Waals surface area contributed by atoms with Crippen LogP contribution in [0.4, 0.5) is 0 Å². The lowest BCUT2D eigenvalue weighted by Crippen LogP contribution is -2.51. The number of nitrogens with one attached hydrogen (secondary N) is 2. The van der Waals surface area contributed by atoms with E-state index in [1.165, 1.54) is 17.5 Å². The van der Waals surface area contributed by atoms with Gasteiger partial charge < -0.3 is 10.6 Å². The van der Waals surface area contributed by atoms with Gasteiger partial charge in [0.25, 0.3) is 0 Å². The number of rotatable bonds is 3. The molecule has 18 heavy (non-hydrogen) atoms. The summed E-state index contributed by atoms with van der Waals surface area (Å²) in [4.78, 5) is 11.7. The molecule has 1 heterocycles. The zero-order valence-electron chi connectivity index (χ0n) is 10.3. The summed E-state index contributed by atoms with van der Waals surface area (Å²) < 4.78 is 0. The third-order valence-corrected chi connectivity index (χ3v) is 3.93. The maximum Gasteiger partial charge on any atom is 0.225 e. The molecule has 3 nitrogen and oxygen atoms in total. The molecule has 1 aliphatic heterocycles. The molecule has 1 fully saturated rings. The molecule has 1 amide bonds. The first-order valence-electron chi connectivity index (χ1n) is 6.41. The van der Waals surface area contributed by atoms with Crippen molar-refractivity contribution in [1.82, 2.24) is 10.6 Å². The van der Waals surface area contributed by atoms with Crippen molar-refractivity contribution >= 4 is 18.3 Å². The molecule has 3 rings (SSSR count). The minimum Gasteiger partial charge on any atom is -0.355 e. The zero-order valence-corrected chi connectivity index (χ0v) is 11.1. The Morgan fingerprint density at radius 2 is 2.11 bits per heavy atom. The molecule has 0 radical (unpaired) electrons. The molecular weight excluding hydrogens is 248 g/mol. The molecule has 2 N–H and O–H groups in total. The molecule has 2 aliphatic rings. The van der Waals surface area contributed by atoms with E-state index < -0.39 is 0 Å². The Kier molecular flexibility index (Phi) is 4.25. The summed E-state index contributed by atoms with van der Waals surface area (Å²) in [7, 11) is 0. The van der Waals surface area contributed by atoms with Gasteiger partial charge in [-0.15, -0.1) is 12.4 Å². The van der Waals surface area contributed by atoms with Gasteiger partial charge in [-0.2, -0.15) is 0 Å². The van der Waals surface area contributed by atoms with E-state index >= 15 is 0 Å². The Morgan fingerprint density at radius 3 is 2.83 bits per heavy atom. The molecule has 4 heteroatoms. The Hall–Kier alpha value is -1.06. The van der Waals surface area contributed by atoms with Crippen LogP contribution in [0.5, 0.6) is 0 Å². The van der Waals surface area contributed by atoms with E-state index in [1.54, 1.807) is 0 Å². The third-order valence-electron chi connectivity index (χ3n) is 3.93. The average Bonchev–Trinajstić information content (AvgIpc) is 2.67. The third kappa shape index (κ3) is 2.52. The van der Waals surface area contributed by atoms with E-state index in [-0.39, 0.29) is 24.2 Å². The fourth-order valence-corrected chi connectivity index (χ4v) is 2.70. The number of hydrogen-bond acceptors (Lipinski definition) is 2. The van der Waals surface area contributed by atoms with Crippen molar-refractivity contribution in [3.63, 3.8) is 0 Å². The zero-order chi connectivity index (χ0) is 11.7. The molecule has 1 aromatic rings. The minimum atomic E-state index is 0. The Labute approximate surface area is 114 Å². The molecular formula is C14H19ClN2O. The Morgan fingerprint density at radius 1 is 1.33 bits per heavy atom. The SMILES string of the molecule is Cl.O=C(NCC1CCc2ccccc21)C1CNC1. The molecule has 1 aromatic carbocycles. The summed E-state index contributed by atoms with van der Waals surface area (Å²) >= 11 is 0. The van der Waals surface area contributed by atoms with Crippen LogP contribution < -0.4 is 10.6 Å². The van der Waals surface area contributed by atoms with Gasteiger partial charge in [-0.1, -0.05) is 24.3 Å². The van der Waals surface area contributed by atoms with Gasteiger partial charge in [0.15, 0.2) is 0 Å². The van der Waals surface area contributed by atoms with Crippen molar-refractivity contribution in [2.75, 3.05) is 19.6 Å². The highest BCUT2D eigenvalue weighted by Crippen LogP contribution is 2.32. The van der Waals surface area contributed by atoms with E-state index in [1.807, 2.05) is 0 Å². The summed E-state index contributed by atoms with van der Waals surface area (Å²) in [5, 5.41) is 6.21. The van der Waals surface area contributed by atoms with Crippen LogP contribution in [0.2, 0.25) is 0 Å². The number of carbonyl (C=O) groups is 1. The molecule has 0 spiro atoms. The van der Waals surface area contributed by atoms with Gasteiger partial charge in [0.1, 0.15) is 0 Å². The van der Waals surface area contributed by atoms with Gasteiger partial charge in [-0.25, -0.2) is 0 Å². The first-order chi connectivity index (χ1) is 8.34. The second-order valence-corrected chi connectivity index (χ2v) is 5.03. The van der Waals surface area contributed by atoms with Crippen LogP contribution in [-0.4, -0.2) is 25.5 Å². The lowest BCUT2D eigenvalue weighted by Gasteiger charge is -2.26. The van der Waals surface area contributed by atoms with E-state index in [2.05, 4.69) is 34.9 Å². The molecule has 1 saturated heterocycles. The quantitative estimate of drug-likeness (QED) is 0.870. The number of halogens is 1. The average molecular weight is 267 g/mol. The van der Waals surface area contributed by atoms with Crippen LogP contribution in [0.15, 0.2) is 24.3 Å². The summed E-state index contributed by atoms with van der Waals surface area (Å²) in [6.45, 7) is 2.48. The molecule has 1 aliphatic carbocycles. The van der Waals surface area contributed by atoms with Crippen molar-refractivity contribution in [3.05, 3.63) is 35.4 Å².